The molecule has 1 aliphatic carbocycles. The van der Waals surface area contributed by atoms with Gasteiger partial charge < -0.3 is 10.5 Å². The zero-order chi connectivity index (χ0) is 13.8. The fourth-order valence-corrected chi connectivity index (χ4v) is 3.03. The van der Waals surface area contributed by atoms with E-state index in [-0.39, 0.29) is 6.04 Å². The third-order valence-electron chi connectivity index (χ3n) is 4.09. The molecular weight excluding hydrogens is 258 g/mol. The van der Waals surface area contributed by atoms with Gasteiger partial charge in [0.25, 0.3) is 0 Å². The van der Waals surface area contributed by atoms with E-state index < -0.39 is 0 Å². The van der Waals surface area contributed by atoms with Crippen LogP contribution in [0.15, 0.2) is 18.2 Å². The summed E-state index contributed by atoms with van der Waals surface area (Å²) in [5, 5.41) is 0.674. The highest BCUT2D eigenvalue weighted by atomic mass is 35.5. The Hall–Kier alpha value is -0.730. The highest BCUT2D eigenvalue weighted by Gasteiger charge is 2.22. The van der Waals surface area contributed by atoms with Gasteiger partial charge in [-0.3, -0.25) is 0 Å². The van der Waals surface area contributed by atoms with Crippen molar-refractivity contribution < 1.29 is 4.74 Å². The zero-order valence-corrected chi connectivity index (χ0v) is 12.6. The van der Waals surface area contributed by atoms with E-state index in [1.807, 2.05) is 25.1 Å². The fraction of sp³-hybridized carbons (Fsp3) is 0.625. The standard InChI is InChI=1S/C16H24ClNO/c1-3-12-5-4-6-14(9-12)19-16-8-7-13(11(2)18)10-15(16)17/h7-8,10-12,14H,3-6,9,18H2,1-2H3/t11-,12?,14?/m0/s1. The number of hydrogen-bond acceptors (Lipinski definition) is 2. The van der Waals surface area contributed by atoms with Crippen molar-refractivity contribution in [2.75, 3.05) is 0 Å². The summed E-state index contributed by atoms with van der Waals surface area (Å²) in [5.74, 6) is 1.61. The Morgan fingerprint density at radius 1 is 1.42 bits per heavy atom. The molecule has 3 heteroatoms. The lowest BCUT2D eigenvalue weighted by molar-refractivity contribution is 0.122. The Bertz CT molecular complexity index is 419. The van der Waals surface area contributed by atoms with E-state index in [2.05, 4.69) is 6.92 Å². The summed E-state index contributed by atoms with van der Waals surface area (Å²) >= 11 is 6.28. The molecule has 1 saturated carbocycles. The Kier molecular flexibility index (Phi) is 5.12. The van der Waals surface area contributed by atoms with Crippen molar-refractivity contribution in [1.29, 1.82) is 0 Å². The molecule has 0 bridgehead atoms. The molecule has 0 aromatic heterocycles. The number of halogens is 1. The van der Waals surface area contributed by atoms with E-state index in [0.717, 1.165) is 30.1 Å². The summed E-state index contributed by atoms with van der Waals surface area (Å²) in [6.45, 7) is 4.22. The SMILES string of the molecule is CCC1CCCC(Oc2ccc([C@H](C)N)cc2Cl)C1. The van der Waals surface area contributed by atoms with Crippen LogP contribution in [0, 0.1) is 5.92 Å². The van der Waals surface area contributed by atoms with E-state index in [9.17, 15) is 0 Å². The van der Waals surface area contributed by atoms with Crippen molar-refractivity contribution in [1.82, 2.24) is 0 Å². The van der Waals surface area contributed by atoms with E-state index in [0.29, 0.717) is 11.1 Å². The number of nitrogens with two attached hydrogens (primary N) is 1. The van der Waals surface area contributed by atoms with Crippen molar-refractivity contribution in [3.05, 3.63) is 28.8 Å². The smallest absolute Gasteiger partial charge is 0.138 e. The summed E-state index contributed by atoms with van der Waals surface area (Å²) in [6, 6.07) is 5.88. The molecule has 19 heavy (non-hydrogen) atoms. The summed E-state index contributed by atoms with van der Waals surface area (Å²) in [4.78, 5) is 0. The third-order valence-corrected chi connectivity index (χ3v) is 4.38. The van der Waals surface area contributed by atoms with Crippen molar-refractivity contribution in [3.8, 4) is 5.75 Å². The van der Waals surface area contributed by atoms with E-state index in [4.69, 9.17) is 22.1 Å². The van der Waals surface area contributed by atoms with Gasteiger partial charge >= 0.3 is 0 Å². The molecule has 0 heterocycles. The summed E-state index contributed by atoms with van der Waals surface area (Å²) < 4.78 is 6.08. The summed E-state index contributed by atoms with van der Waals surface area (Å²) in [5.41, 5.74) is 6.90. The molecule has 0 saturated heterocycles. The summed E-state index contributed by atoms with van der Waals surface area (Å²) in [7, 11) is 0. The monoisotopic (exact) mass is 281 g/mol. The van der Waals surface area contributed by atoms with Crippen molar-refractivity contribution >= 4 is 11.6 Å². The quantitative estimate of drug-likeness (QED) is 0.868. The molecule has 1 aliphatic rings. The molecule has 3 atom stereocenters. The lowest BCUT2D eigenvalue weighted by Crippen LogP contribution is -2.25. The Morgan fingerprint density at radius 3 is 2.84 bits per heavy atom. The molecule has 2 N–H and O–H groups in total. The second-order valence-electron chi connectivity index (χ2n) is 5.66. The van der Waals surface area contributed by atoms with E-state index >= 15 is 0 Å². The average molecular weight is 282 g/mol. The minimum atomic E-state index is 0.00528. The van der Waals surface area contributed by atoms with Crippen LogP contribution in [0.1, 0.15) is 57.6 Å². The Labute approximate surface area is 121 Å². The lowest BCUT2D eigenvalue weighted by atomic mass is 9.85. The lowest BCUT2D eigenvalue weighted by Gasteiger charge is -2.29. The average Bonchev–Trinajstić information content (AvgIpc) is 2.41. The molecule has 2 rings (SSSR count). The van der Waals surface area contributed by atoms with Crippen LogP contribution in [-0.2, 0) is 0 Å². The van der Waals surface area contributed by atoms with Crippen LogP contribution in [0.25, 0.3) is 0 Å². The maximum Gasteiger partial charge on any atom is 0.138 e. The number of rotatable bonds is 4. The van der Waals surface area contributed by atoms with E-state index in [1.165, 1.54) is 19.3 Å². The molecule has 0 radical (unpaired) electrons. The predicted octanol–water partition coefficient (Wildman–Crippen LogP) is 4.71. The molecular formula is C16H24ClNO. The van der Waals surface area contributed by atoms with Crippen LogP contribution >= 0.6 is 11.6 Å². The van der Waals surface area contributed by atoms with Gasteiger partial charge in [0.2, 0.25) is 0 Å². The highest BCUT2D eigenvalue weighted by Crippen LogP contribution is 2.33. The maximum absolute atomic E-state index is 6.28. The first-order valence-electron chi connectivity index (χ1n) is 7.31. The number of hydrogen-bond donors (Lipinski definition) is 1. The molecule has 2 unspecified atom stereocenters. The van der Waals surface area contributed by atoms with Crippen LogP contribution < -0.4 is 10.5 Å². The van der Waals surface area contributed by atoms with Gasteiger partial charge in [-0.05, 0) is 49.8 Å². The molecule has 0 aliphatic heterocycles. The maximum atomic E-state index is 6.28. The summed E-state index contributed by atoms with van der Waals surface area (Å²) in [6.07, 6.45) is 6.46. The zero-order valence-electron chi connectivity index (χ0n) is 11.9. The highest BCUT2D eigenvalue weighted by molar-refractivity contribution is 6.32. The third kappa shape index (κ3) is 3.87. The van der Waals surface area contributed by atoms with Gasteiger partial charge in [-0.25, -0.2) is 0 Å². The van der Waals surface area contributed by atoms with Gasteiger partial charge in [0.15, 0.2) is 0 Å². The van der Waals surface area contributed by atoms with Gasteiger partial charge in [0.05, 0.1) is 11.1 Å². The van der Waals surface area contributed by atoms with E-state index in [1.54, 1.807) is 0 Å². The molecule has 1 fully saturated rings. The molecule has 0 spiro atoms. The second kappa shape index (κ2) is 6.62. The van der Waals surface area contributed by atoms with Crippen LogP contribution in [-0.4, -0.2) is 6.10 Å². The minimum Gasteiger partial charge on any atom is -0.489 e. The topological polar surface area (TPSA) is 35.2 Å². The van der Waals surface area contributed by atoms with Gasteiger partial charge in [-0.15, -0.1) is 0 Å². The molecule has 106 valence electrons. The van der Waals surface area contributed by atoms with Crippen molar-refractivity contribution in [2.24, 2.45) is 11.7 Å². The first-order valence-corrected chi connectivity index (χ1v) is 7.69. The predicted molar refractivity (Wildman–Crippen MR) is 80.7 cm³/mol. The van der Waals surface area contributed by atoms with Crippen LogP contribution in [0.4, 0.5) is 0 Å². The molecule has 1 aromatic carbocycles. The van der Waals surface area contributed by atoms with Crippen LogP contribution in [0.2, 0.25) is 5.02 Å². The Morgan fingerprint density at radius 2 is 2.21 bits per heavy atom. The molecule has 1 aromatic rings. The Balaban J connectivity index is 2.02. The largest absolute Gasteiger partial charge is 0.489 e. The normalized spacial score (nSPS) is 25.1. The van der Waals surface area contributed by atoms with Gasteiger partial charge in [-0.2, -0.15) is 0 Å². The van der Waals surface area contributed by atoms with Crippen LogP contribution in [0.3, 0.4) is 0 Å². The van der Waals surface area contributed by atoms with Gasteiger partial charge in [0, 0.05) is 6.04 Å². The molecule has 2 nitrogen and oxygen atoms in total. The minimum absolute atomic E-state index is 0.00528. The number of ether oxygens (including phenoxy) is 1. The first kappa shape index (κ1) is 14.7. The number of benzene rings is 1. The van der Waals surface area contributed by atoms with Gasteiger partial charge in [-0.1, -0.05) is 37.4 Å². The second-order valence-corrected chi connectivity index (χ2v) is 6.07. The first-order chi connectivity index (χ1) is 9.10. The van der Waals surface area contributed by atoms with Crippen molar-refractivity contribution in [3.63, 3.8) is 0 Å². The molecule has 0 amide bonds. The van der Waals surface area contributed by atoms with Gasteiger partial charge in [0.1, 0.15) is 5.75 Å². The van der Waals surface area contributed by atoms with Crippen LogP contribution in [0.5, 0.6) is 5.75 Å². The fourth-order valence-electron chi connectivity index (χ4n) is 2.79. The van der Waals surface area contributed by atoms with Crippen molar-refractivity contribution in [2.45, 2.75) is 58.1 Å².